The lowest BCUT2D eigenvalue weighted by Crippen LogP contribution is -2.42. The van der Waals surface area contributed by atoms with Gasteiger partial charge in [0.15, 0.2) is 6.29 Å². The second-order valence-corrected chi connectivity index (χ2v) is 11.5. The first-order valence-corrected chi connectivity index (χ1v) is 15.7. The Bertz CT molecular complexity index is 1420. The van der Waals surface area contributed by atoms with E-state index < -0.39 is 18.3 Å². The van der Waals surface area contributed by atoms with E-state index in [1.807, 2.05) is 66.7 Å². The summed E-state index contributed by atoms with van der Waals surface area (Å²) in [5.74, 6) is -0.483. The molecule has 3 aromatic rings. The minimum atomic E-state index is -0.589. The third-order valence-corrected chi connectivity index (χ3v) is 8.33. The molecule has 2 fully saturated rings. The second kappa shape index (κ2) is 16.0. The van der Waals surface area contributed by atoms with Gasteiger partial charge < -0.3 is 35.1 Å². The maximum Gasteiger partial charge on any atom is 0.325 e. The Morgan fingerprint density at radius 2 is 1.71 bits per heavy atom. The van der Waals surface area contributed by atoms with E-state index in [0.29, 0.717) is 13.0 Å². The Morgan fingerprint density at radius 1 is 0.933 bits per heavy atom. The fraction of sp³-hybridized carbons (Fsp3) is 0.429. The van der Waals surface area contributed by atoms with E-state index in [0.717, 1.165) is 59.3 Å². The number of rotatable bonds is 12. The van der Waals surface area contributed by atoms with Gasteiger partial charge in [0, 0.05) is 31.1 Å². The average molecular weight is 618 g/mol. The quantitative estimate of drug-likeness (QED) is 0.223. The number of ether oxygens (including phenoxy) is 3. The van der Waals surface area contributed by atoms with E-state index >= 15 is 0 Å². The molecule has 0 spiro atoms. The number of aliphatic hydroxyl groups is 2. The van der Waals surface area contributed by atoms with Gasteiger partial charge in [0.05, 0.1) is 32.0 Å². The number of carbonyl (C=O) groups excluding carboxylic acids is 2. The molecule has 0 saturated carbocycles. The zero-order valence-corrected chi connectivity index (χ0v) is 25.7. The minimum absolute atomic E-state index is 0.00951. The molecule has 2 heterocycles. The molecule has 0 bridgehead atoms. The van der Waals surface area contributed by atoms with Crippen LogP contribution in [0.25, 0.3) is 11.1 Å². The van der Waals surface area contributed by atoms with Crippen molar-refractivity contribution in [3.63, 3.8) is 0 Å². The molecule has 0 aromatic heterocycles. The van der Waals surface area contributed by atoms with Crippen molar-refractivity contribution in [1.29, 1.82) is 0 Å². The molecule has 10 nitrogen and oxygen atoms in total. The van der Waals surface area contributed by atoms with Gasteiger partial charge in [-0.05, 0) is 66.3 Å². The van der Waals surface area contributed by atoms with Gasteiger partial charge in [0.1, 0.15) is 6.54 Å². The van der Waals surface area contributed by atoms with Gasteiger partial charge in [-0.1, -0.05) is 60.7 Å². The predicted molar refractivity (Wildman–Crippen MR) is 169 cm³/mol. The SMILES string of the molecule is CCOC(=O)CNC(=O)NCc1cccc(-c2cccc([C@@H]3O[C@H](CN4CCC[C@H]4CO)C[C@H](c4ccc(CO)cc4)O3)c2)c1. The van der Waals surface area contributed by atoms with Gasteiger partial charge in [0.25, 0.3) is 0 Å². The first-order valence-electron chi connectivity index (χ1n) is 15.7. The molecule has 10 heteroatoms. The van der Waals surface area contributed by atoms with Crippen molar-refractivity contribution in [2.75, 3.05) is 32.8 Å². The first-order chi connectivity index (χ1) is 21.9. The van der Waals surface area contributed by atoms with Crippen LogP contribution in [-0.4, -0.2) is 72.1 Å². The van der Waals surface area contributed by atoms with Gasteiger partial charge in [-0.25, -0.2) is 4.79 Å². The molecule has 2 saturated heterocycles. The molecule has 5 rings (SSSR count). The van der Waals surface area contributed by atoms with Gasteiger partial charge in [-0.15, -0.1) is 0 Å². The fourth-order valence-corrected chi connectivity index (χ4v) is 5.97. The molecule has 4 atom stereocenters. The molecule has 240 valence electrons. The van der Waals surface area contributed by atoms with Crippen LogP contribution in [-0.2, 0) is 32.2 Å². The number of likely N-dealkylation sites (tertiary alicyclic amines) is 1. The minimum Gasteiger partial charge on any atom is -0.465 e. The van der Waals surface area contributed by atoms with E-state index in [2.05, 4.69) is 21.6 Å². The van der Waals surface area contributed by atoms with Crippen LogP contribution >= 0.6 is 0 Å². The summed E-state index contributed by atoms with van der Waals surface area (Å²) >= 11 is 0. The third kappa shape index (κ3) is 8.90. The van der Waals surface area contributed by atoms with Gasteiger partial charge in [0.2, 0.25) is 0 Å². The summed E-state index contributed by atoms with van der Waals surface area (Å²) < 4.78 is 18.0. The lowest BCUT2D eigenvalue weighted by molar-refractivity contribution is -0.253. The second-order valence-electron chi connectivity index (χ2n) is 11.5. The topological polar surface area (TPSA) is 130 Å². The Labute approximate surface area is 264 Å². The zero-order chi connectivity index (χ0) is 31.6. The lowest BCUT2D eigenvalue weighted by atomic mass is 9.98. The monoisotopic (exact) mass is 617 g/mol. The molecule has 45 heavy (non-hydrogen) atoms. The Hall–Kier alpha value is -3.80. The van der Waals surface area contributed by atoms with Crippen molar-refractivity contribution in [3.05, 3.63) is 95.1 Å². The summed E-state index contributed by atoms with van der Waals surface area (Å²) in [6.45, 7) is 3.89. The Balaban J connectivity index is 1.30. The number of hydrogen-bond acceptors (Lipinski definition) is 8. The summed E-state index contributed by atoms with van der Waals surface area (Å²) in [5, 5.41) is 24.7. The molecule has 4 N–H and O–H groups in total. The Morgan fingerprint density at radius 3 is 2.47 bits per heavy atom. The average Bonchev–Trinajstić information content (AvgIpc) is 3.53. The van der Waals surface area contributed by atoms with Crippen molar-refractivity contribution >= 4 is 12.0 Å². The highest BCUT2D eigenvalue weighted by atomic mass is 16.7. The Kier molecular flexibility index (Phi) is 11.6. The van der Waals surface area contributed by atoms with Crippen molar-refractivity contribution in [2.24, 2.45) is 0 Å². The number of urea groups is 1. The van der Waals surface area contributed by atoms with E-state index in [-0.39, 0.29) is 44.6 Å². The van der Waals surface area contributed by atoms with Gasteiger partial charge >= 0.3 is 12.0 Å². The highest BCUT2D eigenvalue weighted by Crippen LogP contribution is 2.39. The van der Waals surface area contributed by atoms with E-state index in [9.17, 15) is 19.8 Å². The van der Waals surface area contributed by atoms with Crippen LogP contribution in [0.1, 0.15) is 60.8 Å². The first kappa shape index (κ1) is 32.6. The van der Waals surface area contributed by atoms with Crippen molar-refractivity contribution in [1.82, 2.24) is 15.5 Å². The number of amides is 2. The molecule has 2 aliphatic rings. The van der Waals surface area contributed by atoms with E-state index in [4.69, 9.17) is 14.2 Å². The summed E-state index contributed by atoms with van der Waals surface area (Å²) in [7, 11) is 0. The maximum absolute atomic E-state index is 12.1. The molecule has 3 aromatic carbocycles. The summed E-state index contributed by atoms with van der Waals surface area (Å²) in [4.78, 5) is 26.0. The summed E-state index contributed by atoms with van der Waals surface area (Å²) in [6.07, 6.45) is 1.87. The van der Waals surface area contributed by atoms with Crippen molar-refractivity contribution < 1.29 is 34.0 Å². The standard InChI is InChI=1S/C35H43N3O7/c1-2-43-33(41)20-37-35(42)36-19-25-6-3-7-27(16-25)28-8-4-9-29(17-28)34-44-31(21-38-15-5-10-30(38)23-40)18-32(45-34)26-13-11-24(22-39)12-14-26/h3-4,6-9,11-14,16-17,30-32,34,39-40H,2,5,10,15,18-23H2,1H3,(H2,36,37,42)/t30-,31-,32+,34+/m0/s1. The normalized spacial score (nSPS) is 21.8. The van der Waals surface area contributed by atoms with Crippen LogP contribution in [0.5, 0.6) is 0 Å². The predicted octanol–water partition coefficient (Wildman–Crippen LogP) is 4.21. The third-order valence-electron chi connectivity index (χ3n) is 8.33. The van der Waals surface area contributed by atoms with Crippen LogP contribution < -0.4 is 10.6 Å². The van der Waals surface area contributed by atoms with Crippen LogP contribution in [0.2, 0.25) is 0 Å². The number of hydrogen-bond donors (Lipinski definition) is 4. The highest BCUT2D eigenvalue weighted by molar-refractivity contribution is 5.80. The molecule has 0 unspecified atom stereocenters. The largest absolute Gasteiger partial charge is 0.465 e. The molecule has 2 amide bonds. The fourth-order valence-electron chi connectivity index (χ4n) is 5.97. The number of nitrogens with zero attached hydrogens (tertiary/aromatic N) is 1. The van der Waals surface area contributed by atoms with Crippen LogP contribution in [0.15, 0.2) is 72.8 Å². The summed E-state index contributed by atoms with van der Waals surface area (Å²) in [6, 6.07) is 23.6. The number of esters is 1. The molecular formula is C35H43N3O7. The van der Waals surface area contributed by atoms with E-state index in [1.54, 1.807) is 6.92 Å². The molecule has 0 aliphatic carbocycles. The lowest BCUT2D eigenvalue weighted by Gasteiger charge is -2.38. The van der Waals surface area contributed by atoms with Crippen molar-refractivity contribution in [3.8, 4) is 11.1 Å². The van der Waals surface area contributed by atoms with Gasteiger partial charge in [-0.2, -0.15) is 0 Å². The maximum atomic E-state index is 12.1. The van der Waals surface area contributed by atoms with E-state index in [1.165, 1.54) is 0 Å². The van der Waals surface area contributed by atoms with Crippen LogP contribution in [0.3, 0.4) is 0 Å². The van der Waals surface area contributed by atoms with Crippen LogP contribution in [0, 0.1) is 0 Å². The number of benzene rings is 3. The zero-order valence-electron chi connectivity index (χ0n) is 25.7. The smallest absolute Gasteiger partial charge is 0.325 e. The highest BCUT2D eigenvalue weighted by Gasteiger charge is 2.35. The number of carbonyl (C=O) groups is 2. The summed E-state index contributed by atoms with van der Waals surface area (Å²) in [5.41, 5.74) is 5.66. The molecule has 2 aliphatic heterocycles. The molecular weight excluding hydrogens is 574 g/mol. The number of aliphatic hydroxyl groups excluding tert-OH is 2. The van der Waals surface area contributed by atoms with Crippen molar-refractivity contribution in [2.45, 2.75) is 63.9 Å². The number of nitrogens with one attached hydrogen (secondary N) is 2. The van der Waals surface area contributed by atoms with Crippen LogP contribution in [0.4, 0.5) is 4.79 Å². The molecule has 0 radical (unpaired) electrons. The van der Waals surface area contributed by atoms with Gasteiger partial charge in [-0.3, -0.25) is 9.69 Å².